The Morgan fingerprint density at radius 1 is 0.619 bits per heavy atom. The molecule has 0 saturated heterocycles. The van der Waals surface area contributed by atoms with E-state index in [9.17, 15) is 16.8 Å². The highest BCUT2D eigenvalue weighted by Gasteiger charge is 2.27. The Morgan fingerprint density at radius 2 is 0.905 bits per heavy atom. The summed E-state index contributed by atoms with van der Waals surface area (Å²) in [5.41, 5.74) is 0. The molecule has 0 unspecified atom stereocenters. The second-order valence-corrected chi connectivity index (χ2v) is 9.86. The summed E-state index contributed by atoms with van der Waals surface area (Å²) >= 11 is 4.04. The summed E-state index contributed by atoms with van der Waals surface area (Å²) < 4.78 is 53.0. The first-order valence-electron chi connectivity index (χ1n) is 5.46. The summed E-state index contributed by atoms with van der Waals surface area (Å²) in [7, 11) is -8.52. The summed E-state index contributed by atoms with van der Waals surface area (Å²) in [5.74, 6) is 0. The molecule has 0 aliphatic carbocycles. The molecule has 0 aliphatic rings. The fraction of sp³-hybridized carbons (Fsp3) is 0. The van der Waals surface area contributed by atoms with E-state index in [1.54, 1.807) is 24.3 Å². The molecule has 0 atom stereocenters. The minimum atomic E-state index is -4.26. The Hall–Kier alpha value is -0.240. The third-order valence-corrected chi connectivity index (χ3v) is 7.16. The van der Waals surface area contributed by atoms with Crippen molar-refractivity contribution in [1.82, 2.24) is 4.13 Å². The second kappa shape index (κ2) is 6.48. The summed E-state index contributed by atoms with van der Waals surface area (Å²) in [5, 5.41) is 0. The van der Waals surface area contributed by atoms with Crippen LogP contribution in [0.2, 0.25) is 0 Å². The molecular weight excluding hydrogens is 540 g/mol. The molecule has 2 rings (SSSR count). The second-order valence-electron chi connectivity index (χ2n) is 3.93. The van der Waals surface area contributed by atoms with Crippen LogP contribution in [0.1, 0.15) is 0 Å². The molecule has 0 N–H and O–H groups in total. The van der Waals surface area contributed by atoms with Gasteiger partial charge in [0.15, 0.2) is 0 Å². The molecule has 21 heavy (non-hydrogen) atoms. The van der Waals surface area contributed by atoms with Crippen LogP contribution in [0.25, 0.3) is 0 Å². The SMILES string of the molecule is O=S(=O)([N]S(=O)(=O)c1ccc(I)cc1)c1ccc(I)cc1. The fourth-order valence-electron chi connectivity index (χ4n) is 1.43. The van der Waals surface area contributed by atoms with E-state index in [-0.39, 0.29) is 9.79 Å². The molecule has 111 valence electrons. The summed E-state index contributed by atoms with van der Waals surface area (Å²) in [4.78, 5) is -0.311. The highest BCUT2D eigenvalue weighted by Crippen LogP contribution is 2.18. The van der Waals surface area contributed by atoms with Crippen molar-refractivity contribution >= 4 is 65.2 Å². The highest BCUT2D eigenvalue weighted by molar-refractivity contribution is 14.1. The molecule has 0 amide bonds. The smallest absolute Gasteiger partial charge is 0.205 e. The third-order valence-electron chi connectivity index (χ3n) is 2.42. The minimum absolute atomic E-state index is 0.156. The van der Waals surface area contributed by atoms with E-state index in [1.807, 2.05) is 45.2 Å². The van der Waals surface area contributed by atoms with Crippen molar-refractivity contribution in [3.8, 4) is 0 Å². The lowest BCUT2D eigenvalue weighted by Crippen LogP contribution is -2.23. The maximum Gasteiger partial charge on any atom is 0.271 e. The molecule has 2 aromatic carbocycles. The normalized spacial score (nSPS) is 12.3. The Kier molecular flexibility index (Phi) is 5.28. The van der Waals surface area contributed by atoms with Gasteiger partial charge in [-0.2, -0.15) is 0 Å². The number of benzene rings is 2. The molecule has 9 heteroatoms. The largest absolute Gasteiger partial charge is 0.271 e. The monoisotopic (exact) mass is 548 g/mol. The number of rotatable bonds is 4. The first-order chi connectivity index (χ1) is 9.71. The number of sulfonamides is 2. The van der Waals surface area contributed by atoms with Crippen LogP contribution >= 0.6 is 45.2 Å². The summed E-state index contributed by atoms with van der Waals surface area (Å²) in [6.07, 6.45) is 0. The van der Waals surface area contributed by atoms with Crippen molar-refractivity contribution in [1.29, 1.82) is 0 Å². The molecule has 1 radical (unpaired) electrons. The molecule has 0 saturated carbocycles. The molecule has 0 aromatic heterocycles. The molecule has 0 heterocycles. The first kappa shape index (κ1) is 17.1. The average molecular weight is 548 g/mol. The number of nitrogens with zero attached hydrogens (tertiary/aromatic N) is 1. The summed E-state index contributed by atoms with van der Waals surface area (Å²) in [6.45, 7) is 0. The van der Waals surface area contributed by atoms with Crippen molar-refractivity contribution < 1.29 is 16.8 Å². The van der Waals surface area contributed by atoms with Gasteiger partial charge in [0.25, 0.3) is 20.0 Å². The van der Waals surface area contributed by atoms with Gasteiger partial charge in [-0.3, -0.25) is 0 Å². The predicted molar refractivity (Wildman–Crippen MR) is 94.8 cm³/mol. The van der Waals surface area contributed by atoms with Crippen LogP contribution in [-0.4, -0.2) is 16.8 Å². The topological polar surface area (TPSA) is 82.4 Å². The molecule has 5 nitrogen and oxygen atoms in total. The van der Waals surface area contributed by atoms with Crippen LogP contribution < -0.4 is 4.13 Å². The Balaban J connectivity index is 2.35. The zero-order valence-corrected chi connectivity index (χ0v) is 16.2. The van der Waals surface area contributed by atoms with E-state index in [1.165, 1.54) is 24.3 Å². The van der Waals surface area contributed by atoms with Crippen LogP contribution in [0.5, 0.6) is 0 Å². The minimum Gasteiger partial charge on any atom is -0.205 e. The van der Waals surface area contributed by atoms with Crippen LogP contribution in [0, 0.1) is 7.14 Å². The van der Waals surface area contributed by atoms with Crippen LogP contribution in [0.3, 0.4) is 0 Å². The maximum atomic E-state index is 12.0. The van der Waals surface area contributed by atoms with Gasteiger partial charge in [0.2, 0.25) is 0 Å². The quantitative estimate of drug-likeness (QED) is 0.551. The number of hydrogen-bond donors (Lipinski definition) is 0. The van der Waals surface area contributed by atoms with Gasteiger partial charge >= 0.3 is 0 Å². The molecule has 2 aromatic rings. The Labute approximate surface area is 150 Å². The Bertz CT molecular complexity index is 772. The molecule has 0 bridgehead atoms. The van der Waals surface area contributed by atoms with Gasteiger partial charge in [0, 0.05) is 11.3 Å². The molecule has 0 fully saturated rings. The van der Waals surface area contributed by atoms with E-state index in [4.69, 9.17) is 0 Å². The predicted octanol–water partition coefficient (Wildman–Crippen LogP) is 2.58. The zero-order valence-electron chi connectivity index (χ0n) is 10.3. The molecule has 0 aliphatic heterocycles. The summed E-state index contributed by atoms with van der Waals surface area (Å²) in [6, 6.07) is 11.6. The van der Waals surface area contributed by atoms with Crippen molar-refractivity contribution in [3.63, 3.8) is 0 Å². The molecular formula is C12H8I2NO4S2. The lowest BCUT2D eigenvalue weighted by atomic mass is 10.4. The van der Waals surface area contributed by atoms with Gasteiger partial charge < -0.3 is 0 Å². The van der Waals surface area contributed by atoms with E-state index in [2.05, 4.69) is 4.13 Å². The van der Waals surface area contributed by atoms with Crippen LogP contribution in [0.15, 0.2) is 58.3 Å². The highest BCUT2D eigenvalue weighted by atomic mass is 127. The van der Waals surface area contributed by atoms with E-state index >= 15 is 0 Å². The lowest BCUT2D eigenvalue weighted by Gasteiger charge is -2.05. The van der Waals surface area contributed by atoms with Crippen LogP contribution in [0.4, 0.5) is 0 Å². The molecule has 0 spiro atoms. The van der Waals surface area contributed by atoms with Gasteiger partial charge in [-0.15, -0.1) is 0 Å². The van der Waals surface area contributed by atoms with Gasteiger partial charge in [-0.25, -0.2) is 16.8 Å². The lowest BCUT2D eigenvalue weighted by molar-refractivity contribution is 0.575. The third kappa shape index (κ3) is 4.37. The van der Waals surface area contributed by atoms with Gasteiger partial charge in [0.1, 0.15) is 0 Å². The van der Waals surface area contributed by atoms with E-state index < -0.39 is 20.0 Å². The van der Waals surface area contributed by atoms with Crippen molar-refractivity contribution in [2.75, 3.05) is 0 Å². The van der Waals surface area contributed by atoms with E-state index in [0.29, 0.717) is 0 Å². The zero-order chi connectivity index (χ0) is 15.7. The van der Waals surface area contributed by atoms with Crippen molar-refractivity contribution in [3.05, 3.63) is 55.7 Å². The first-order valence-corrected chi connectivity index (χ1v) is 10.5. The van der Waals surface area contributed by atoms with Crippen molar-refractivity contribution in [2.45, 2.75) is 9.79 Å². The Morgan fingerprint density at radius 3 is 1.19 bits per heavy atom. The van der Waals surface area contributed by atoms with Gasteiger partial charge in [-0.05, 0) is 93.7 Å². The number of hydrogen-bond acceptors (Lipinski definition) is 4. The fourth-order valence-corrected chi connectivity index (χ4v) is 4.83. The van der Waals surface area contributed by atoms with Gasteiger partial charge in [-0.1, -0.05) is 0 Å². The van der Waals surface area contributed by atoms with Crippen LogP contribution in [-0.2, 0) is 20.0 Å². The number of halogens is 2. The van der Waals surface area contributed by atoms with Crippen molar-refractivity contribution in [2.24, 2.45) is 0 Å². The van der Waals surface area contributed by atoms with Gasteiger partial charge in [0.05, 0.1) is 9.79 Å². The maximum absolute atomic E-state index is 12.0. The standard InChI is InChI=1S/C12H8I2NO4S2/c13-9-1-5-11(6-2-9)20(16,17)15-21(18,19)12-7-3-10(14)4-8-12/h1-8H. The average Bonchev–Trinajstić information content (AvgIpc) is 2.38. The van der Waals surface area contributed by atoms with E-state index in [0.717, 1.165) is 7.14 Å².